The average Bonchev–Trinajstić information content (AvgIpc) is 3.08. The first-order valence-electron chi connectivity index (χ1n) is 14.5. The van der Waals surface area contributed by atoms with Crippen LogP contribution < -0.4 is 129 Å². The van der Waals surface area contributed by atoms with Gasteiger partial charge >= 0.3 is 118 Å². The number of aromatic nitrogens is 3. The molecule has 0 radical (unpaired) electrons. The van der Waals surface area contributed by atoms with Crippen molar-refractivity contribution in [2.24, 2.45) is 20.5 Å². The first-order chi connectivity index (χ1) is 25.6. The molecule has 284 valence electrons. The second-order valence-electron chi connectivity index (χ2n) is 10.9. The Morgan fingerprint density at radius 1 is 0.492 bits per heavy atom. The molecule has 0 atom stereocenters. The van der Waals surface area contributed by atoms with Gasteiger partial charge in [-0.15, -0.1) is 20.5 Å². The predicted octanol–water partition coefficient (Wildman–Crippen LogP) is -7.38. The van der Waals surface area contributed by atoms with Gasteiger partial charge in [0.05, 0.1) is 36.6 Å². The Morgan fingerprint density at radius 3 is 1.41 bits per heavy atom. The standard InChI is InChI=1S/C29H20ClN9O12S4.4Na/c30-27-33-28(31)35-29(34-27)32-21-6-7-23(19-11-14(52(40,41)42)1-4-17(19)21)37-36-22-8-9-24(20-12-15(53(43,44)45)2-5-18(20)22)38-39-25-13-16(54(46,47)48)3-10-26(25)55(49,50)51;;;;/h1-13H,(H,40,41,42)(H,43,44,45)(H,46,47,48)(H,49,50,51)(H3,31,32,33,34,35);;;;/q;4*+1/p-4. The van der Waals surface area contributed by atoms with E-state index in [-0.39, 0.29) is 180 Å². The van der Waals surface area contributed by atoms with E-state index in [2.05, 4.69) is 40.7 Å². The Balaban J connectivity index is 0.00000300. The van der Waals surface area contributed by atoms with Crippen LogP contribution in [0.25, 0.3) is 21.5 Å². The van der Waals surface area contributed by atoms with Gasteiger partial charge in [0.1, 0.15) is 46.2 Å². The van der Waals surface area contributed by atoms with Gasteiger partial charge in [0.15, 0.2) is 0 Å². The maximum Gasteiger partial charge on any atom is 1.00 e. The molecule has 0 aliphatic carbocycles. The minimum absolute atomic E-state index is 0. The molecule has 0 spiro atoms. The van der Waals surface area contributed by atoms with Crippen LogP contribution in [-0.2, 0) is 40.5 Å². The minimum atomic E-state index is -5.28. The summed E-state index contributed by atoms with van der Waals surface area (Å²) in [5.41, 5.74) is 4.82. The Labute approximate surface area is 428 Å². The van der Waals surface area contributed by atoms with Gasteiger partial charge in [-0.3, -0.25) is 0 Å². The molecular weight excluding hydrogens is 922 g/mol. The van der Waals surface area contributed by atoms with Crippen molar-refractivity contribution in [1.82, 2.24) is 15.0 Å². The van der Waals surface area contributed by atoms with Gasteiger partial charge < -0.3 is 29.3 Å². The molecule has 3 N–H and O–H groups in total. The summed E-state index contributed by atoms with van der Waals surface area (Å²) in [6.45, 7) is 0. The fourth-order valence-electron chi connectivity index (χ4n) is 4.99. The number of hydrogen-bond acceptors (Lipinski definition) is 21. The van der Waals surface area contributed by atoms with Crippen LogP contribution in [0.1, 0.15) is 0 Å². The van der Waals surface area contributed by atoms with E-state index in [4.69, 9.17) is 17.3 Å². The van der Waals surface area contributed by atoms with Crippen LogP contribution in [-0.4, -0.2) is 66.8 Å². The summed E-state index contributed by atoms with van der Waals surface area (Å²) in [6.07, 6.45) is 0. The Hall–Kier alpha value is -1.64. The van der Waals surface area contributed by atoms with E-state index in [1.807, 2.05) is 0 Å². The summed E-state index contributed by atoms with van der Waals surface area (Å²) in [7, 11) is -20.5. The average molecular weight is 938 g/mol. The Bertz CT molecular complexity index is 3110. The van der Waals surface area contributed by atoms with Crippen LogP contribution in [0.2, 0.25) is 5.28 Å². The molecule has 0 aliphatic rings. The van der Waals surface area contributed by atoms with Crippen molar-refractivity contribution < 1.29 is 170 Å². The van der Waals surface area contributed by atoms with Gasteiger partial charge in [-0.05, 0) is 78.3 Å². The van der Waals surface area contributed by atoms with E-state index >= 15 is 0 Å². The Morgan fingerprint density at radius 2 is 0.915 bits per heavy atom. The van der Waals surface area contributed by atoms with Crippen LogP contribution in [0.15, 0.2) is 119 Å². The Kier molecular flexibility index (Phi) is 18.8. The number of rotatable bonds is 10. The molecular formula is C29H16ClN9Na4O12S4. The monoisotopic (exact) mass is 937 g/mol. The summed E-state index contributed by atoms with van der Waals surface area (Å²) in [6, 6.07) is 13.3. The zero-order chi connectivity index (χ0) is 40.1. The number of benzene rings is 5. The number of azo groups is 2. The van der Waals surface area contributed by atoms with Gasteiger partial charge in [-0.1, -0.05) is 12.1 Å². The van der Waals surface area contributed by atoms with Crippen LogP contribution in [0, 0.1) is 0 Å². The summed E-state index contributed by atoms with van der Waals surface area (Å²) < 4.78 is 142. The first-order valence-corrected chi connectivity index (χ1v) is 20.5. The number of fused-ring (bicyclic) bond motifs is 2. The van der Waals surface area contributed by atoms with Crippen molar-refractivity contribution in [2.75, 3.05) is 11.1 Å². The summed E-state index contributed by atoms with van der Waals surface area (Å²) in [4.78, 5) is 8.19. The number of hydrogen-bond donors (Lipinski definition) is 2. The predicted molar refractivity (Wildman–Crippen MR) is 187 cm³/mol. The van der Waals surface area contributed by atoms with Gasteiger partial charge in [-0.25, -0.2) is 33.7 Å². The molecule has 30 heteroatoms. The number of halogens is 1. The molecule has 0 amide bonds. The quantitative estimate of drug-likeness (QED) is 0.0732. The molecule has 6 aromatic rings. The van der Waals surface area contributed by atoms with Crippen LogP contribution in [0.3, 0.4) is 0 Å². The number of nitrogens with one attached hydrogen (secondary N) is 1. The number of nitrogens with zero attached hydrogens (tertiary/aromatic N) is 7. The van der Waals surface area contributed by atoms with Crippen molar-refractivity contribution in [1.29, 1.82) is 0 Å². The fraction of sp³-hybridized carbons (Fsp3) is 0. The minimum Gasteiger partial charge on any atom is -0.744 e. The third-order valence-corrected chi connectivity index (χ3v) is 10.9. The van der Waals surface area contributed by atoms with Crippen LogP contribution in [0.4, 0.5) is 40.3 Å². The van der Waals surface area contributed by atoms with Crippen molar-refractivity contribution in [3.8, 4) is 0 Å². The molecule has 1 heterocycles. The van der Waals surface area contributed by atoms with Crippen LogP contribution >= 0.6 is 11.6 Å². The molecule has 6 rings (SSSR count). The maximum absolute atomic E-state index is 11.9. The normalized spacial score (nSPS) is 12.1. The van der Waals surface area contributed by atoms with Crippen molar-refractivity contribution in [3.63, 3.8) is 0 Å². The molecule has 0 aliphatic heterocycles. The molecule has 0 saturated heterocycles. The van der Waals surface area contributed by atoms with E-state index in [1.54, 1.807) is 0 Å². The largest absolute Gasteiger partial charge is 1.00 e. The second-order valence-corrected chi connectivity index (χ2v) is 16.7. The van der Waals surface area contributed by atoms with E-state index in [9.17, 15) is 51.9 Å². The third-order valence-electron chi connectivity index (χ3n) is 7.38. The zero-order valence-corrected chi connectivity index (χ0v) is 42.6. The molecule has 0 unspecified atom stereocenters. The maximum atomic E-state index is 11.9. The van der Waals surface area contributed by atoms with E-state index in [0.29, 0.717) is 18.2 Å². The SMILES string of the molecule is Nc1nc(Cl)nc(Nc2ccc(N=Nc3ccc(N=Nc4cc(S(=O)(=O)[O-])ccc4S(=O)(=O)[O-])c4cc(S(=O)(=O)[O-])ccc34)c3cc(S(=O)(=O)[O-])ccc23)n1.[Na+].[Na+].[Na+].[Na+]. The second kappa shape index (κ2) is 20.7. The topological polar surface area (TPSA) is 355 Å². The molecule has 0 bridgehead atoms. The molecule has 1 aromatic heterocycles. The molecule has 21 nitrogen and oxygen atoms in total. The third kappa shape index (κ3) is 13.0. The zero-order valence-electron chi connectivity index (χ0n) is 30.6. The molecule has 0 fully saturated rings. The molecule has 5 aromatic carbocycles. The first kappa shape index (κ1) is 53.5. The number of nitrogens with two attached hydrogens (primary N) is 1. The summed E-state index contributed by atoms with van der Waals surface area (Å²) in [5.74, 6) is -0.286. The van der Waals surface area contributed by atoms with Gasteiger partial charge in [0.2, 0.25) is 17.2 Å². The number of nitrogen functional groups attached to an aromatic ring is 1. The van der Waals surface area contributed by atoms with Gasteiger partial charge in [0.25, 0.3) is 0 Å². The van der Waals surface area contributed by atoms with E-state index < -0.39 is 65.7 Å². The van der Waals surface area contributed by atoms with Crippen molar-refractivity contribution >= 4 is 114 Å². The molecule has 0 saturated carbocycles. The summed E-state index contributed by atoms with van der Waals surface area (Å²) in [5, 5.41) is 18.8. The summed E-state index contributed by atoms with van der Waals surface area (Å²) >= 11 is 5.87. The van der Waals surface area contributed by atoms with Gasteiger partial charge in [-0.2, -0.15) is 15.0 Å². The van der Waals surface area contributed by atoms with Crippen LogP contribution in [0.5, 0.6) is 0 Å². The van der Waals surface area contributed by atoms with E-state index in [0.717, 1.165) is 30.3 Å². The van der Waals surface area contributed by atoms with E-state index in [1.165, 1.54) is 30.3 Å². The van der Waals surface area contributed by atoms with Gasteiger partial charge in [0, 0.05) is 27.2 Å². The van der Waals surface area contributed by atoms with Crippen molar-refractivity contribution in [2.45, 2.75) is 19.6 Å². The fourth-order valence-corrected chi connectivity index (χ4v) is 7.23. The smallest absolute Gasteiger partial charge is 0.744 e. The van der Waals surface area contributed by atoms with Crippen molar-refractivity contribution in [3.05, 3.63) is 84.1 Å². The number of anilines is 3. The molecule has 59 heavy (non-hydrogen) atoms.